The van der Waals surface area contributed by atoms with Crippen molar-refractivity contribution in [2.24, 2.45) is 0 Å². The Bertz CT molecular complexity index is 553. The lowest BCUT2D eigenvalue weighted by Crippen LogP contribution is -2.59. The van der Waals surface area contributed by atoms with E-state index in [0.717, 1.165) is 10.1 Å². The molecule has 0 unspecified atom stereocenters. The molecule has 0 aromatic rings. The van der Waals surface area contributed by atoms with Gasteiger partial charge in [-0.25, -0.2) is 0 Å². The first-order chi connectivity index (χ1) is 13.0. The van der Waals surface area contributed by atoms with E-state index in [1.807, 2.05) is 55.4 Å². The van der Waals surface area contributed by atoms with Crippen LogP contribution in [0.25, 0.3) is 0 Å². The third kappa shape index (κ3) is 5.48. The van der Waals surface area contributed by atoms with Crippen LogP contribution in [0.1, 0.15) is 87.5 Å². The van der Waals surface area contributed by atoms with Crippen LogP contribution in [-0.2, 0) is 19.1 Å². The van der Waals surface area contributed by atoms with E-state index in [-0.39, 0.29) is 0 Å². The Kier molecular flexibility index (Phi) is 6.47. The van der Waals surface area contributed by atoms with Crippen LogP contribution in [0.3, 0.4) is 0 Å². The Hall–Kier alpha value is -1.22. The molecule has 29 heavy (non-hydrogen) atoms. The van der Waals surface area contributed by atoms with Crippen LogP contribution >= 0.6 is 0 Å². The van der Waals surface area contributed by atoms with Gasteiger partial charge >= 0.3 is 11.9 Å². The van der Waals surface area contributed by atoms with E-state index in [9.17, 15) is 20.0 Å². The molecule has 0 N–H and O–H groups in total. The van der Waals surface area contributed by atoms with E-state index in [0.29, 0.717) is 25.7 Å². The number of nitrogens with zero attached hydrogens (tertiary/aromatic N) is 2. The first-order valence-corrected chi connectivity index (χ1v) is 10.3. The summed E-state index contributed by atoms with van der Waals surface area (Å²) in [7, 11) is 0. The van der Waals surface area contributed by atoms with Crippen LogP contribution in [0, 0.1) is 10.4 Å². The second-order valence-corrected chi connectivity index (χ2v) is 11.1. The predicted molar refractivity (Wildman–Crippen MR) is 110 cm³/mol. The van der Waals surface area contributed by atoms with Gasteiger partial charge in [-0.1, -0.05) is 0 Å². The lowest BCUT2D eigenvalue weighted by atomic mass is 9.80. The number of carbonyl (C=O) groups excluding carboxylic acids is 2. The summed E-state index contributed by atoms with van der Waals surface area (Å²) in [6, 6.07) is 0. The van der Waals surface area contributed by atoms with Gasteiger partial charge in [0.05, 0.1) is 0 Å². The molecule has 0 amide bonds. The van der Waals surface area contributed by atoms with E-state index < -0.39 is 52.7 Å². The van der Waals surface area contributed by atoms with Crippen molar-refractivity contribution in [3.05, 3.63) is 10.4 Å². The Labute approximate surface area is 174 Å². The molecular weight excluding hydrogens is 376 g/mol. The van der Waals surface area contributed by atoms with E-state index in [2.05, 4.69) is 0 Å². The molecule has 0 bridgehead atoms. The van der Waals surface area contributed by atoms with Gasteiger partial charge < -0.3 is 30.0 Å². The van der Waals surface area contributed by atoms with Crippen LogP contribution in [-0.4, -0.2) is 56.4 Å². The van der Waals surface area contributed by atoms with Crippen molar-refractivity contribution in [3.63, 3.8) is 0 Å². The van der Waals surface area contributed by atoms with E-state index >= 15 is 0 Å². The number of esters is 2. The molecule has 0 spiro atoms. The smallest absolute Gasteiger partial charge is 0.317 e. The molecule has 0 radical (unpaired) electrons. The predicted octanol–water partition coefficient (Wildman–Crippen LogP) is 3.50. The summed E-state index contributed by atoms with van der Waals surface area (Å²) < 4.78 is 11.0. The third-order valence-electron chi connectivity index (χ3n) is 5.99. The zero-order valence-electron chi connectivity index (χ0n) is 19.0. The van der Waals surface area contributed by atoms with E-state index in [1.54, 1.807) is 0 Å². The number of rotatable bonds is 4. The average molecular weight is 413 g/mol. The molecule has 8 nitrogen and oxygen atoms in total. The van der Waals surface area contributed by atoms with E-state index in [4.69, 9.17) is 9.47 Å². The molecule has 2 rings (SSSR count). The lowest BCUT2D eigenvalue weighted by Gasteiger charge is -2.59. The van der Waals surface area contributed by atoms with Gasteiger partial charge in [0, 0.05) is 47.8 Å². The molecule has 2 aliphatic heterocycles. The maximum absolute atomic E-state index is 12.4. The first-order valence-electron chi connectivity index (χ1n) is 10.3. The zero-order chi connectivity index (χ0) is 22.4. The molecule has 2 heterocycles. The molecule has 0 aromatic carbocycles. The Morgan fingerprint density at radius 3 is 1.17 bits per heavy atom. The highest BCUT2D eigenvalue weighted by atomic mass is 16.6. The van der Waals surface area contributed by atoms with Gasteiger partial charge in [0.25, 0.3) is 0 Å². The molecule has 2 saturated heterocycles. The largest absolute Gasteiger partial charge is 0.784 e. The summed E-state index contributed by atoms with van der Waals surface area (Å²) in [5, 5.41) is 26.9. The molecule has 0 aliphatic carbocycles. The highest BCUT2D eigenvalue weighted by Crippen LogP contribution is 2.40. The maximum Gasteiger partial charge on any atom is 0.317 e. The van der Waals surface area contributed by atoms with Crippen LogP contribution in [0.15, 0.2) is 0 Å². The molecule has 2 fully saturated rings. The van der Waals surface area contributed by atoms with Gasteiger partial charge in [-0.15, -0.1) is 0 Å². The number of hydrogen-bond acceptors (Lipinski definition) is 8. The van der Waals surface area contributed by atoms with Crippen molar-refractivity contribution in [2.45, 2.75) is 122 Å². The summed E-state index contributed by atoms with van der Waals surface area (Å²) in [6.45, 7) is 14.6. The SMILES string of the molecule is CC1(C)CC(OC(=O)CC(=O)OC2CC(C)(C)N([O-])C(C)(C)C2)CC(C)(C)N1[O-]. The number of ether oxygens (including phenoxy) is 2. The monoisotopic (exact) mass is 412 g/mol. The maximum atomic E-state index is 12.4. The fourth-order valence-electron chi connectivity index (χ4n) is 5.08. The fraction of sp³-hybridized carbons (Fsp3) is 0.905. The van der Waals surface area contributed by atoms with Crippen molar-refractivity contribution in [1.29, 1.82) is 0 Å². The molecular formula is C21H36N2O6-2. The summed E-state index contributed by atoms with van der Waals surface area (Å²) in [6.07, 6.45) is 0.308. The van der Waals surface area contributed by atoms with Gasteiger partial charge in [-0.2, -0.15) is 0 Å². The van der Waals surface area contributed by atoms with Crippen LogP contribution in [0.5, 0.6) is 0 Å². The summed E-state index contributed by atoms with van der Waals surface area (Å²) in [5.41, 5.74) is -2.62. The fourth-order valence-corrected chi connectivity index (χ4v) is 5.08. The first kappa shape index (κ1) is 24.1. The topological polar surface area (TPSA) is 105 Å². The molecule has 8 heteroatoms. The molecule has 0 saturated carbocycles. The Morgan fingerprint density at radius 2 is 0.931 bits per heavy atom. The highest BCUT2D eigenvalue weighted by molar-refractivity contribution is 5.91. The summed E-state index contributed by atoms with van der Waals surface area (Å²) >= 11 is 0. The molecule has 168 valence electrons. The second kappa shape index (κ2) is 7.80. The van der Waals surface area contributed by atoms with Crippen LogP contribution in [0.2, 0.25) is 0 Å². The molecule has 0 atom stereocenters. The van der Waals surface area contributed by atoms with Gasteiger partial charge in [0.2, 0.25) is 0 Å². The normalized spacial score (nSPS) is 27.4. The number of hydrogen-bond donors (Lipinski definition) is 0. The standard InChI is InChI=1S/C21H36N2O6/c1-18(2)10-14(11-19(3,4)22(18)26)28-16(24)9-17(25)29-15-12-20(5,6)23(27)21(7,8)13-15/h14-15H,9-13H2,1-8H3/q-2. The summed E-state index contributed by atoms with van der Waals surface area (Å²) in [4.78, 5) is 24.6. The van der Waals surface area contributed by atoms with Crippen LogP contribution < -0.4 is 0 Å². The number of carbonyl (C=O) groups is 2. The minimum absolute atomic E-state index is 0.408. The molecule has 0 aromatic heterocycles. The molecule has 2 aliphatic rings. The summed E-state index contributed by atoms with van der Waals surface area (Å²) in [5.74, 6) is -1.29. The Morgan fingerprint density at radius 1 is 0.690 bits per heavy atom. The van der Waals surface area contributed by atoms with Crippen molar-refractivity contribution in [2.75, 3.05) is 0 Å². The minimum Gasteiger partial charge on any atom is -0.784 e. The highest BCUT2D eigenvalue weighted by Gasteiger charge is 2.43. The lowest BCUT2D eigenvalue weighted by molar-refractivity contribution is -0.168. The van der Waals surface area contributed by atoms with Gasteiger partial charge in [-0.3, -0.25) is 9.59 Å². The average Bonchev–Trinajstić information content (AvgIpc) is 2.48. The quantitative estimate of drug-likeness (QED) is 0.510. The van der Waals surface area contributed by atoms with Crippen molar-refractivity contribution < 1.29 is 19.1 Å². The number of hydroxylamine groups is 4. The zero-order valence-corrected chi connectivity index (χ0v) is 19.0. The van der Waals surface area contributed by atoms with Gasteiger partial charge in [0.15, 0.2) is 0 Å². The Balaban J connectivity index is 1.91. The van der Waals surface area contributed by atoms with Gasteiger partial charge in [-0.05, 0) is 55.4 Å². The van der Waals surface area contributed by atoms with Crippen LogP contribution in [0.4, 0.5) is 0 Å². The van der Waals surface area contributed by atoms with Crippen molar-refractivity contribution >= 4 is 11.9 Å². The minimum atomic E-state index is -0.656. The van der Waals surface area contributed by atoms with Gasteiger partial charge in [0.1, 0.15) is 18.6 Å². The third-order valence-corrected chi connectivity index (χ3v) is 5.99. The second-order valence-electron chi connectivity index (χ2n) is 11.1. The van der Waals surface area contributed by atoms with E-state index in [1.165, 1.54) is 0 Å². The van der Waals surface area contributed by atoms with Crippen molar-refractivity contribution in [3.8, 4) is 0 Å². The number of piperidine rings is 2. The van der Waals surface area contributed by atoms with Crippen molar-refractivity contribution in [1.82, 2.24) is 10.1 Å².